The summed E-state index contributed by atoms with van der Waals surface area (Å²) in [4.78, 5) is 12.1. The van der Waals surface area contributed by atoms with Crippen LogP contribution in [0, 0.1) is 0 Å². The lowest BCUT2D eigenvalue weighted by molar-refractivity contribution is -0.164. The quantitative estimate of drug-likeness (QED) is 0.653. The molecule has 0 aromatic heterocycles. The predicted molar refractivity (Wildman–Crippen MR) is 63.2 cm³/mol. The molecular weight excluding hydrogens is 204 g/mol. The van der Waals surface area contributed by atoms with Crippen molar-refractivity contribution < 1.29 is 14.3 Å². The molecule has 0 N–H and O–H groups in total. The van der Waals surface area contributed by atoms with E-state index in [1.54, 1.807) is 0 Å². The van der Waals surface area contributed by atoms with Crippen molar-refractivity contribution in [2.75, 3.05) is 13.2 Å². The molecule has 3 nitrogen and oxygen atoms in total. The Bertz CT molecular complexity index is 240. The zero-order chi connectivity index (χ0) is 11.8. The van der Waals surface area contributed by atoms with E-state index >= 15 is 0 Å². The Kier molecular flexibility index (Phi) is 6.34. The van der Waals surface area contributed by atoms with Crippen LogP contribution in [0.25, 0.3) is 0 Å². The minimum absolute atomic E-state index is 0.0191. The van der Waals surface area contributed by atoms with Crippen molar-refractivity contribution in [1.29, 1.82) is 0 Å². The second-order valence-electron chi connectivity index (χ2n) is 3.94. The van der Waals surface area contributed by atoms with Crippen LogP contribution in [0.5, 0.6) is 0 Å². The van der Waals surface area contributed by atoms with Gasteiger partial charge < -0.3 is 9.47 Å². The van der Waals surface area contributed by atoms with Crippen molar-refractivity contribution in [2.24, 2.45) is 0 Å². The van der Waals surface area contributed by atoms with Gasteiger partial charge in [0.2, 0.25) is 12.1 Å². The number of Topliss-reactive ketones (excluding diaryl/α,β-unsaturated/α-hetero) is 1. The van der Waals surface area contributed by atoms with Gasteiger partial charge in [0.25, 0.3) is 0 Å². The van der Waals surface area contributed by atoms with Crippen molar-refractivity contribution in [2.45, 2.75) is 52.2 Å². The lowest BCUT2D eigenvalue weighted by atomic mass is 10.1. The summed E-state index contributed by atoms with van der Waals surface area (Å²) in [6.07, 6.45) is 6.73. The lowest BCUT2D eigenvalue weighted by Crippen LogP contribution is -2.29. The highest BCUT2D eigenvalue weighted by atomic mass is 16.7. The van der Waals surface area contributed by atoms with Crippen LogP contribution in [0.15, 0.2) is 11.6 Å². The second kappa shape index (κ2) is 7.58. The van der Waals surface area contributed by atoms with Gasteiger partial charge in [0.15, 0.2) is 0 Å². The highest BCUT2D eigenvalue weighted by Crippen LogP contribution is 2.20. The minimum atomic E-state index is -0.695. The molecular formula is C13H22O3. The third-order valence-electron chi connectivity index (χ3n) is 2.71. The summed E-state index contributed by atoms with van der Waals surface area (Å²) in [5.74, 6) is 0.0191. The molecule has 1 rings (SSSR count). The van der Waals surface area contributed by atoms with Crippen LogP contribution in [0.3, 0.4) is 0 Å². The van der Waals surface area contributed by atoms with Crippen LogP contribution >= 0.6 is 0 Å². The van der Waals surface area contributed by atoms with Gasteiger partial charge >= 0.3 is 0 Å². The number of hydrogen-bond donors (Lipinski definition) is 0. The zero-order valence-corrected chi connectivity index (χ0v) is 10.3. The van der Waals surface area contributed by atoms with Crippen molar-refractivity contribution in [3.63, 3.8) is 0 Å². The molecule has 0 bridgehead atoms. The molecule has 92 valence electrons. The third-order valence-corrected chi connectivity index (χ3v) is 2.71. The maximum absolute atomic E-state index is 12.1. The van der Waals surface area contributed by atoms with Gasteiger partial charge in [-0.3, -0.25) is 4.79 Å². The molecule has 1 aliphatic carbocycles. The number of ether oxygens (including phenoxy) is 2. The molecule has 3 heteroatoms. The van der Waals surface area contributed by atoms with Gasteiger partial charge in [-0.05, 0) is 45.1 Å². The Morgan fingerprint density at radius 2 is 1.94 bits per heavy atom. The molecule has 0 spiro atoms. The highest BCUT2D eigenvalue weighted by molar-refractivity contribution is 5.97. The molecule has 0 aromatic carbocycles. The first-order valence-corrected chi connectivity index (χ1v) is 6.26. The Labute approximate surface area is 97.8 Å². The second-order valence-corrected chi connectivity index (χ2v) is 3.94. The van der Waals surface area contributed by atoms with Gasteiger partial charge in [0, 0.05) is 13.2 Å². The zero-order valence-electron chi connectivity index (χ0n) is 10.3. The summed E-state index contributed by atoms with van der Waals surface area (Å²) in [6, 6.07) is 0. The SMILES string of the molecule is CCOC(OCC)C(=O)C1=CCCCCC1. The summed E-state index contributed by atoms with van der Waals surface area (Å²) in [5.41, 5.74) is 0.893. The molecule has 0 radical (unpaired) electrons. The van der Waals surface area contributed by atoms with E-state index in [1.807, 2.05) is 13.8 Å². The summed E-state index contributed by atoms with van der Waals surface area (Å²) < 4.78 is 10.7. The third kappa shape index (κ3) is 4.06. The van der Waals surface area contributed by atoms with E-state index in [-0.39, 0.29) is 5.78 Å². The molecule has 0 saturated carbocycles. The summed E-state index contributed by atoms with van der Waals surface area (Å²) >= 11 is 0. The highest BCUT2D eigenvalue weighted by Gasteiger charge is 2.22. The molecule has 0 fully saturated rings. The maximum Gasteiger partial charge on any atom is 0.222 e. The van der Waals surface area contributed by atoms with E-state index in [0.717, 1.165) is 24.8 Å². The van der Waals surface area contributed by atoms with Gasteiger partial charge in [-0.2, -0.15) is 0 Å². The molecule has 1 aliphatic rings. The largest absolute Gasteiger partial charge is 0.346 e. The average molecular weight is 226 g/mol. The first-order valence-electron chi connectivity index (χ1n) is 6.26. The monoisotopic (exact) mass is 226 g/mol. The van der Waals surface area contributed by atoms with Crippen LogP contribution < -0.4 is 0 Å². The first kappa shape index (κ1) is 13.4. The van der Waals surface area contributed by atoms with Crippen LogP contribution in [0.4, 0.5) is 0 Å². The van der Waals surface area contributed by atoms with E-state index in [9.17, 15) is 4.79 Å². The van der Waals surface area contributed by atoms with Crippen molar-refractivity contribution in [1.82, 2.24) is 0 Å². The molecule has 0 atom stereocenters. The van der Waals surface area contributed by atoms with Crippen LogP contribution in [-0.4, -0.2) is 25.3 Å². The van der Waals surface area contributed by atoms with Crippen LogP contribution in [0.2, 0.25) is 0 Å². The topological polar surface area (TPSA) is 35.5 Å². The molecule has 0 heterocycles. The Hall–Kier alpha value is -0.670. The summed E-state index contributed by atoms with van der Waals surface area (Å²) in [6.45, 7) is 4.76. The van der Waals surface area contributed by atoms with E-state index < -0.39 is 6.29 Å². The number of carbonyl (C=O) groups is 1. The fourth-order valence-electron chi connectivity index (χ4n) is 1.89. The Balaban J connectivity index is 2.60. The van der Waals surface area contributed by atoms with Gasteiger partial charge in [0.1, 0.15) is 0 Å². The van der Waals surface area contributed by atoms with E-state index in [1.165, 1.54) is 12.8 Å². The van der Waals surface area contributed by atoms with Crippen molar-refractivity contribution in [3.8, 4) is 0 Å². The van der Waals surface area contributed by atoms with E-state index in [4.69, 9.17) is 9.47 Å². The predicted octanol–water partition coefficient (Wildman–Crippen LogP) is 2.85. The van der Waals surface area contributed by atoms with Crippen molar-refractivity contribution in [3.05, 3.63) is 11.6 Å². The summed E-state index contributed by atoms with van der Waals surface area (Å²) in [5, 5.41) is 0. The molecule has 0 amide bonds. The maximum atomic E-state index is 12.1. The van der Waals surface area contributed by atoms with Gasteiger partial charge in [-0.15, -0.1) is 0 Å². The molecule has 0 aliphatic heterocycles. The molecule has 0 aromatic rings. The number of carbonyl (C=O) groups excluding carboxylic acids is 1. The smallest absolute Gasteiger partial charge is 0.222 e. The van der Waals surface area contributed by atoms with Gasteiger partial charge in [-0.25, -0.2) is 0 Å². The molecule has 16 heavy (non-hydrogen) atoms. The normalized spacial score (nSPS) is 17.1. The summed E-state index contributed by atoms with van der Waals surface area (Å²) in [7, 11) is 0. The Morgan fingerprint density at radius 1 is 1.25 bits per heavy atom. The van der Waals surface area contributed by atoms with Gasteiger partial charge in [-0.1, -0.05) is 12.5 Å². The fourth-order valence-corrected chi connectivity index (χ4v) is 1.89. The first-order chi connectivity index (χ1) is 7.79. The average Bonchev–Trinajstić information content (AvgIpc) is 2.56. The molecule has 0 saturated heterocycles. The molecule has 0 unspecified atom stereocenters. The Morgan fingerprint density at radius 3 is 2.56 bits per heavy atom. The standard InChI is InChI=1S/C13H22O3/c1-3-15-13(16-4-2)12(14)11-9-7-5-6-8-10-11/h9,13H,3-8,10H2,1-2H3. The number of allylic oxidation sites excluding steroid dienone is 1. The lowest BCUT2D eigenvalue weighted by Gasteiger charge is -2.16. The van der Waals surface area contributed by atoms with Crippen molar-refractivity contribution >= 4 is 5.78 Å². The fraction of sp³-hybridized carbons (Fsp3) is 0.769. The van der Waals surface area contributed by atoms with E-state index in [2.05, 4.69) is 6.08 Å². The van der Waals surface area contributed by atoms with E-state index in [0.29, 0.717) is 13.2 Å². The van der Waals surface area contributed by atoms with Crippen LogP contribution in [-0.2, 0) is 14.3 Å². The number of ketones is 1. The van der Waals surface area contributed by atoms with Gasteiger partial charge in [0.05, 0.1) is 0 Å². The van der Waals surface area contributed by atoms with Crippen LogP contribution in [0.1, 0.15) is 46.0 Å². The number of rotatable bonds is 6. The minimum Gasteiger partial charge on any atom is -0.346 e. The number of hydrogen-bond acceptors (Lipinski definition) is 3.